The second-order valence-electron chi connectivity index (χ2n) is 6.47. The van der Waals surface area contributed by atoms with E-state index in [1.54, 1.807) is 12.5 Å². The first-order valence-corrected chi connectivity index (χ1v) is 8.10. The highest BCUT2D eigenvalue weighted by molar-refractivity contribution is 5.68. The standard InChI is InChI=1S/C17H20FN3O/c18-17-16-12(6-7-20-17)14-9-19-10-21(14)13(16)8-15(22)11-4-2-1-3-5-11/h6-7,9-11,13,15,22H,1-5,8H2. The molecule has 4 nitrogen and oxygen atoms in total. The van der Waals surface area contributed by atoms with Crippen LogP contribution in [0.3, 0.4) is 0 Å². The molecule has 1 aliphatic heterocycles. The molecule has 0 aromatic carbocycles. The number of hydrogen-bond acceptors (Lipinski definition) is 3. The van der Waals surface area contributed by atoms with Crippen LogP contribution in [0, 0.1) is 11.9 Å². The van der Waals surface area contributed by atoms with Crippen LogP contribution in [-0.4, -0.2) is 25.7 Å². The van der Waals surface area contributed by atoms with Gasteiger partial charge in [-0.1, -0.05) is 19.3 Å². The third-order valence-electron chi connectivity index (χ3n) is 5.21. The van der Waals surface area contributed by atoms with Gasteiger partial charge in [0.2, 0.25) is 5.95 Å². The van der Waals surface area contributed by atoms with Crippen LogP contribution in [0.1, 0.15) is 50.1 Å². The van der Waals surface area contributed by atoms with Gasteiger partial charge in [0.25, 0.3) is 0 Å². The van der Waals surface area contributed by atoms with Crippen molar-refractivity contribution in [3.63, 3.8) is 0 Å². The van der Waals surface area contributed by atoms with E-state index >= 15 is 0 Å². The second kappa shape index (κ2) is 5.47. The van der Waals surface area contributed by atoms with Crippen molar-refractivity contribution in [1.82, 2.24) is 14.5 Å². The molecule has 0 spiro atoms. The van der Waals surface area contributed by atoms with Crippen molar-refractivity contribution in [3.05, 3.63) is 36.3 Å². The number of imidazole rings is 1. The third-order valence-corrected chi connectivity index (χ3v) is 5.21. The van der Waals surface area contributed by atoms with E-state index in [1.807, 2.05) is 10.6 Å². The van der Waals surface area contributed by atoms with Crippen molar-refractivity contribution in [2.75, 3.05) is 0 Å². The molecule has 2 atom stereocenters. The Balaban J connectivity index is 1.65. The van der Waals surface area contributed by atoms with Crippen LogP contribution in [0.5, 0.6) is 0 Å². The minimum absolute atomic E-state index is 0.196. The molecule has 0 saturated heterocycles. The van der Waals surface area contributed by atoms with Crippen LogP contribution in [0.4, 0.5) is 4.39 Å². The molecule has 1 fully saturated rings. The molecule has 116 valence electrons. The Hall–Kier alpha value is -1.75. The highest BCUT2D eigenvalue weighted by atomic mass is 19.1. The Kier molecular flexibility index (Phi) is 3.45. The van der Waals surface area contributed by atoms with E-state index in [0.29, 0.717) is 17.9 Å². The lowest BCUT2D eigenvalue weighted by Gasteiger charge is -2.29. The maximum absolute atomic E-state index is 14.2. The van der Waals surface area contributed by atoms with Crippen molar-refractivity contribution in [2.24, 2.45) is 5.92 Å². The van der Waals surface area contributed by atoms with Crippen molar-refractivity contribution in [1.29, 1.82) is 0 Å². The molecule has 2 unspecified atom stereocenters. The van der Waals surface area contributed by atoms with Gasteiger partial charge in [-0.15, -0.1) is 0 Å². The van der Waals surface area contributed by atoms with Crippen LogP contribution in [0.15, 0.2) is 24.8 Å². The molecule has 1 aliphatic carbocycles. The monoisotopic (exact) mass is 301 g/mol. The minimum Gasteiger partial charge on any atom is -0.393 e. The van der Waals surface area contributed by atoms with Gasteiger partial charge in [0.05, 0.1) is 30.4 Å². The highest BCUT2D eigenvalue weighted by Gasteiger charge is 2.35. The SMILES string of the molecule is OC(CC1c2c(ccnc2F)-c2cncn21)C1CCCCC1. The number of nitrogens with zero attached hydrogens (tertiary/aromatic N) is 3. The van der Waals surface area contributed by atoms with E-state index in [9.17, 15) is 9.50 Å². The first-order valence-electron chi connectivity index (χ1n) is 8.10. The second-order valence-corrected chi connectivity index (χ2v) is 6.47. The average Bonchev–Trinajstić information content (AvgIpc) is 3.12. The molecule has 0 bridgehead atoms. The predicted molar refractivity (Wildman–Crippen MR) is 80.8 cm³/mol. The Labute approximate surface area is 129 Å². The normalized spacial score (nSPS) is 22.4. The third kappa shape index (κ3) is 2.15. The molecule has 2 aromatic rings. The quantitative estimate of drug-likeness (QED) is 0.885. The lowest BCUT2D eigenvalue weighted by atomic mass is 9.82. The van der Waals surface area contributed by atoms with Gasteiger partial charge in [0.15, 0.2) is 0 Å². The Morgan fingerprint density at radius 3 is 2.95 bits per heavy atom. The molecule has 0 radical (unpaired) electrons. The summed E-state index contributed by atoms with van der Waals surface area (Å²) < 4.78 is 16.2. The van der Waals surface area contributed by atoms with Crippen molar-refractivity contribution < 1.29 is 9.50 Å². The number of pyridine rings is 1. The molecule has 22 heavy (non-hydrogen) atoms. The first kappa shape index (κ1) is 13.9. The summed E-state index contributed by atoms with van der Waals surface area (Å²) in [7, 11) is 0. The molecule has 1 saturated carbocycles. The number of hydrogen-bond donors (Lipinski definition) is 1. The predicted octanol–water partition coefficient (Wildman–Crippen LogP) is 3.32. The number of aliphatic hydroxyl groups is 1. The maximum Gasteiger partial charge on any atom is 0.218 e. The van der Waals surface area contributed by atoms with Crippen LogP contribution in [0.2, 0.25) is 0 Å². The van der Waals surface area contributed by atoms with Crippen LogP contribution in [0.25, 0.3) is 11.3 Å². The molecule has 3 heterocycles. The van der Waals surface area contributed by atoms with E-state index in [1.165, 1.54) is 25.5 Å². The summed E-state index contributed by atoms with van der Waals surface area (Å²) in [6, 6.07) is 1.64. The lowest BCUT2D eigenvalue weighted by molar-refractivity contribution is 0.0683. The summed E-state index contributed by atoms with van der Waals surface area (Å²) in [5.74, 6) is -0.0912. The topological polar surface area (TPSA) is 50.9 Å². The van der Waals surface area contributed by atoms with Crippen LogP contribution in [-0.2, 0) is 0 Å². The van der Waals surface area contributed by atoms with Gasteiger partial charge in [-0.3, -0.25) is 0 Å². The smallest absolute Gasteiger partial charge is 0.218 e. The Morgan fingerprint density at radius 2 is 2.14 bits per heavy atom. The summed E-state index contributed by atoms with van der Waals surface area (Å²) >= 11 is 0. The van der Waals surface area contributed by atoms with Gasteiger partial charge in [0, 0.05) is 17.3 Å². The van der Waals surface area contributed by atoms with Gasteiger partial charge < -0.3 is 9.67 Å². The number of rotatable bonds is 3. The van der Waals surface area contributed by atoms with Gasteiger partial charge in [0.1, 0.15) is 0 Å². The number of halogens is 1. The highest BCUT2D eigenvalue weighted by Crippen LogP contribution is 2.43. The zero-order valence-corrected chi connectivity index (χ0v) is 12.5. The van der Waals surface area contributed by atoms with E-state index in [2.05, 4.69) is 9.97 Å². The number of aliphatic hydroxyl groups excluding tert-OH is 1. The lowest BCUT2D eigenvalue weighted by Crippen LogP contribution is -2.26. The van der Waals surface area contributed by atoms with Crippen LogP contribution >= 0.6 is 0 Å². The van der Waals surface area contributed by atoms with Gasteiger partial charge in [-0.2, -0.15) is 4.39 Å². The van der Waals surface area contributed by atoms with Crippen molar-refractivity contribution >= 4 is 0 Å². The van der Waals surface area contributed by atoms with Gasteiger partial charge in [-0.05, 0) is 31.2 Å². The molecular formula is C17H20FN3O. The summed E-state index contributed by atoms with van der Waals surface area (Å²) in [5, 5.41) is 10.6. The molecule has 2 aromatic heterocycles. The molecular weight excluding hydrogens is 281 g/mol. The van der Waals surface area contributed by atoms with E-state index in [-0.39, 0.29) is 6.04 Å². The largest absolute Gasteiger partial charge is 0.393 e. The van der Waals surface area contributed by atoms with Gasteiger partial charge >= 0.3 is 0 Å². The zero-order chi connectivity index (χ0) is 15.1. The zero-order valence-electron chi connectivity index (χ0n) is 12.5. The summed E-state index contributed by atoms with van der Waals surface area (Å²) in [4.78, 5) is 7.98. The summed E-state index contributed by atoms with van der Waals surface area (Å²) in [5.41, 5.74) is 2.37. The fraction of sp³-hybridized carbons (Fsp3) is 0.529. The average molecular weight is 301 g/mol. The van der Waals surface area contributed by atoms with Crippen LogP contribution < -0.4 is 0 Å². The van der Waals surface area contributed by atoms with E-state index in [4.69, 9.17) is 0 Å². The fourth-order valence-electron chi connectivity index (χ4n) is 4.06. The fourth-order valence-corrected chi connectivity index (χ4v) is 4.06. The summed E-state index contributed by atoms with van der Waals surface area (Å²) in [6.07, 6.45) is 10.9. The molecule has 4 rings (SSSR count). The van der Waals surface area contributed by atoms with E-state index < -0.39 is 12.1 Å². The molecule has 5 heteroatoms. The minimum atomic E-state index is -0.429. The van der Waals surface area contributed by atoms with Crippen molar-refractivity contribution in [3.8, 4) is 11.3 Å². The van der Waals surface area contributed by atoms with Crippen molar-refractivity contribution in [2.45, 2.75) is 50.7 Å². The molecule has 1 N–H and O–H groups in total. The number of aromatic nitrogens is 3. The summed E-state index contributed by atoms with van der Waals surface area (Å²) in [6.45, 7) is 0. The Bertz CT molecular complexity index is 678. The van der Waals surface area contributed by atoms with Gasteiger partial charge in [-0.25, -0.2) is 9.97 Å². The molecule has 2 aliphatic rings. The maximum atomic E-state index is 14.2. The number of fused-ring (bicyclic) bond motifs is 3. The Morgan fingerprint density at radius 1 is 1.32 bits per heavy atom. The molecule has 0 amide bonds. The first-order chi connectivity index (χ1) is 10.8. The van der Waals surface area contributed by atoms with E-state index in [0.717, 1.165) is 24.1 Å².